The Labute approximate surface area is 428 Å². The molecule has 4 nitrogen and oxygen atoms in total. The molecule has 0 saturated heterocycles. The molecule has 4 unspecified atom stereocenters. The van der Waals surface area contributed by atoms with Crippen molar-refractivity contribution >= 4 is 53.4 Å². The first-order valence-corrected chi connectivity index (χ1v) is 27.9. The Morgan fingerprint density at radius 3 is 1.00 bits per heavy atom. The number of hydrogen-bond acceptors (Lipinski definition) is 4. The van der Waals surface area contributed by atoms with Gasteiger partial charge in [0.15, 0.2) is 23.0 Å². The molecule has 0 radical (unpaired) electrons. The summed E-state index contributed by atoms with van der Waals surface area (Å²) in [5.41, 5.74) is 3.69. The van der Waals surface area contributed by atoms with Gasteiger partial charge in [-0.25, -0.2) is 0 Å². The molecule has 0 fully saturated rings. The van der Waals surface area contributed by atoms with E-state index in [2.05, 4.69) is 184 Å². The zero-order valence-corrected chi connectivity index (χ0v) is 45.9. The molecular formula is C62H80Br2O4. The molecule has 366 valence electrons. The van der Waals surface area contributed by atoms with Gasteiger partial charge >= 0.3 is 0 Å². The molecule has 0 aromatic heterocycles. The van der Waals surface area contributed by atoms with Gasteiger partial charge < -0.3 is 18.9 Å². The van der Waals surface area contributed by atoms with Crippen molar-refractivity contribution < 1.29 is 18.9 Å². The van der Waals surface area contributed by atoms with E-state index in [0.717, 1.165) is 114 Å². The second kappa shape index (κ2) is 29.8. The number of ether oxygens (including phenoxy) is 4. The minimum Gasteiger partial charge on any atom is -0.489 e. The number of hydrogen-bond donors (Lipinski definition) is 0. The average molecular weight is 1050 g/mol. The zero-order chi connectivity index (χ0) is 48.7. The average Bonchev–Trinajstić information content (AvgIpc) is 3.35. The van der Waals surface area contributed by atoms with Gasteiger partial charge in [-0.1, -0.05) is 200 Å². The Morgan fingerprint density at radius 2 is 0.691 bits per heavy atom. The molecule has 0 aliphatic heterocycles. The van der Waals surface area contributed by atoms with Gasteiger partial charge in [-0.2, -0.15) is 0 Å². The van der Waals surface area contributed by atoms with E-state index in [-0.39, 0.29) is 0 Å². The van der Waals surface area contributed by atoms with E-state index in [1.165, 1.54) is 64.2 Å². The highest BCUT2D eigenvalue weighted by Crippen LogP contribution is 2.37. The van der Waals surface area contributed by atoms with E-state index in [0.29, 0.717) is 50.1 Å². The molecule has 0 saturated carbocycles. The highest BCUT2D eigenvalue weighted by atomic mass is 79.9. The summed E-state index contributed by atoms with van der Waals surface area (Å²) < 4.78 is 28.3. The van der Waals surface area contributed by atoms with E-state index >= 15 is 0 Å². The summed E-state index contributed by atoms with van der Waals surface area (Å²) in [6, 6.07) is 25.3. The van der Waals surface area contributed by atoms with Crippen LogP contribution in [0, 0.1) is 47.4 Å². The Kier molecular flexibility index (Phi) is 24.0. The molecule has 0 spiro atoms. The Bertz CT molecular complexity index is 2280. The van der Waals surface area contributed by atoms with Gasteiger partial charge in [0.05, 0.1) is 26.4 Å². The molecule has 6 heteroatoms. The van der Waals surface area contributed by atoms with Gasteiger partial charge in [0.2, 0.25) is 0 Å². The molecule has 0 N–H and O–H groups in total. The fourth-order valence-corrected chi connectivity index (χ4v) is 9.49. The topological polar surface area (TPSA) is 36.9 Å². The van der Waals surface area contributed by atoms with Crippen molar-refractivity contribution in [2.45, 2.75) is 158 Å². The fourth-order valence-electron chi connectivity index (χ4n) is 8.77. The SMILES string of the molecule is CCCCC(CC)COc1ccc(C#Cc2c3ccc(Br)cc3c(C#Cc3ccc(OCC(CC)CCCC)c(OCC(CC)CCCC)c3)c3ccc(Br)cc23)cc1OCC(CC)CCCC. The van der Waals surface area contributed by atoms with Gasteiger partial charge in [0.25, 0.3) is 0 Å². The highest BCUT2D eigenvalue weighted by Gasteiger charge is 2.18. The standard InChI is InChI=1S/C62H80Br2O4/c1-9-17-21-45(13-5)41-65-59-35-27-49(37-61(59)67-43-47(15-7)23-19-11-3)25-31-53-55-33-29-52(64)40-58(55)54(56-34-30-51(63)39-57(53)56)32-26-50-28-36-60(66-42-46(14-6)22-18-10-2)62(38-50)68-44-48(16-8)24-20-12-4/h27-30,33-40,45-48H,9-24,41-44H2,1-8H3. The van der Waals surface area contributed by atoms with E-state index in [4.69, 9.17) is 18.9 Å². The van der Waals surface area contributed by atoms with Crippen LogP contribution in [-0.2, 0) is 0 Å². The molecule has 0 heterocycles. The van der Waals surface area contributed by atoms with Gasteiger partial charge in [-0.15, -0.1) is 0 Å². The molecule has 5 rings (SSSR count). The molecule has 0 aliphatic rings. The molecule has 0 bridgehead atoms. The lowest BCUT2D eigenvalue weighted by molar-refractivity contribution is 0.199. The largest absolute Gasteiger partial charge is 0.489 e. The van der Waals surface area contributed by atoms with Crippen LogP contribution in [0.4, 0.5) is 0 Å². The first-order chi connectivity index (χ1) is 33.2. The fraction of sp³-hybridized carbons (Fsp3) is 0.516. The molecular weight excluding hydrogens is 968 g/mol. The van der Waals surface area contributed by atoms with E-state index in [9.17, 15) is 0 Å². The molecule has 4 atom stereocenters. The summed E-state index contributed by atoms with van der Waals surface area (Å²) in [4.78, 5) is 0. The summed E-state index contributed by atoms with van der Waals surface area (Å²) in [6.45, 7) is 20.8. The molecule has 68 heavy (non-hydrogen) atoms. The summed E-state index contributed by atoms with van der Waals surface area (Å²) in [6.07, 6.45) is 18.7. The maximum atomic E-state index is 6.64. The van der Waals surface area contributed by atoms with Gasteiger partial charge in [-0.3, -0.25) is 0 Å². The van der Waals surface area contributed by atoms with Crippen LogP contribution in [0.15, 0.2) is 81.7 Å². The van der Waals surface area contributed by atoms with Crippen molar-refractivity contribution in [2.24, 2.45) is 23.7 Å². The summed E-state index contributed by atoms with van der Waals surface area (Å²) >= 11 is 7.60. The predicted molar refractivity (Wildman–Crippen MR) is 297 cm³/mol. The van der Waals surface area contributed by atoms with Crippen molar-refractivity contribution in [1.29, 1.82) is 0 Å². The number of halogens is 2. The predicted octanol–water partition coefficient (Wildman–Crippen LogP) is 18.7. The lowest BCUT2D eigenvalue weighted by Gasteiger charge is -2.20. The summed E-state index contributed by atoms with van der Waals surface area (Å²) in [5.74, 6) is 19.6. The van der Waals surface area contributed by atoms with Gasteiger partial charge in [0, 0.05) is 42.0 Å². The van der Waals surface area contributed by atoms with Crippen LogP contribution >= 0.6 is 31.9 Å². The number of unbranched alkanes of at least 4 members (excludes halogenated alkanes) is 4. The summed E-state index contributed by atoms with van der Waals surface area (Å²) in [5, 5.41) is 4.18. The van der Waals surface area contributed by atoms with Crippen molar-refractivity contribution in [1.82, 2.24) is 0 Å². The first-order valence-electron chi connectivity index (χ1n) is 26.4. The lowest BCUT2D eigenvalue weighted by Crippen LogP contribution is -2.14. The third kappa shape index (κ3) is 16.5. The Balaban J connectivity index is 1.56. The van der Waals surface area contributed by atoms with Crippen LogP contribution in [0.5, 0.6) is 23.0 Å². The number of fused-ring (bicyclic) bond motifs is 2. The lowest BCUT2D eigenvalue weighted by atomic mass is 9.91. The minimum atomic E-state index is 0.499. The van der Waals surface area contributed by atoms with Crippen LogP contribution in [0.1, 0.15) is 180 Å². The summed E-state index contributed by atoms with van der Waals surface area (Å²) in [7, 11) is 0. The first kappa shape index (κ1) is 54.8. The quantitative estimate of drug-likeness (QED) is 0.0369. The van der Waals surface area contributed by atoms with Crippen LogP contribution in [0.25, 0.3) is 21.5 Å². The third-order valence-electron chi connectivity index (χ3n) is 13.7. The van der Waals surface area contributed by atoms with Crippen LogP contribution in [-0.4, -0.2) is 26.4 Å². The van der Waals surface area contributed by atoms with Gasteiger partial charge in [0.1, 0.15) is 0 Å². The van der Waals surface area contributed by atoms with Crippen molar-refractivity contribution in [3.8, 4) is 46.7 Å². The van der Waals surface area contributed by atoms with Crippen molar-refractivity contribution in [3.05, 3.63) is 104 Å². The number of rotatable bonds is 28. The molecule has 0 aliphatic carbocycles. The highest BCUT2D eigenvalue weighted by molar-refractivity contribution is 9.10. The van der Waals surface area contributed by atoms with Crippen LogP contribution in [0.3, 0.4) is 0 Å². The smallest absolute Gasteiger partial charge is 0.162 e. The van der Waals surface area contributed by atoms with Gasteiger partial charge in [-0.05, 0) is 121 Å². The Hall–Kier alpha value is -4.10. The van der Waals surface area contributed by atoms with E-state index in [1.54, 1.807) is 0 Å². The molecule has 5 aromatic rings. The second-order valence-electron chi connectivity index (χ2n) is 18.9. The van der Waals surface area contributed by atoms with E-state index < -0.39 is 0 Å². The monoisotopic (exact) mass is 1050 g/mol. The normalized spacial score (nSPS) is 13.0. The maximum Gasteiger partial charge on any atom is 0.162 e. The zero-order valence-electron chi connectivity index (χ0n) is 42.8. The van der Waals surface area contributed by atoms with E-state index in [1.807, 2.05) is 0 Å². The Morgan fingerprint density at radius 1 is 0.368 bits per heavy atom. The second-order valence-corrected chi connectivity index (χ2v) is 20.7. The van der Waals surface area contributed by atoms with Crippen LogP contribution in [0.2, 0.25) is 0 Å². The van der Waals surface area contributed by atoms with Crippen molar-refractivity contribution in [3.63, 3.8) is 0 Å². The third-order valence-corrected chi connectivity index (χ3v) is 14.6. The van der Waals surface area contributed by atoms with Crippen molar-refractivity contribution in [2.75, 3.05) is 26.4 Å². The van der Waals surface area contributed by atoms with Crippen LogP contribution < -0.4 is 18.9 Å². The molecule has 5 aromatic carbocycles. The number of benzene rings is 5. The maximum absolute atomic E-state index is 6.64. The minimum absolute atomic E-state index is 0.499. The molecule has 0 amide bonds.